The van der Waals surface area contributed by atoms with Crippen LogP contribution < -0.4 is 0 Å². The van der Waals surface area contributed by atoms with Crippen molar-refractivity contribution in [2.45, 2.75) is 12.5 Å². The fraction of sp³-hybridized carbons (Fsp3) is 0.778. The number of nitrogens with zero attached hydrogens (tertiary/aromatic N) is 2. The zero-order valence-corrected chi connectivity index (χ0v) is 8.23. The molecule has 1 unspecified atom stereocenters. The molecule has 3 rings (SSSR count). The summed E-state index contributed by atoms with van der Waals surface area (Å²) in [5.74, 6) is -0.231. The first-order valence-electron chi connectivity index (χ1n) is 4.82. The number of fused-ring (bicyclic) bond motifs is 3. The molecule has 14 heavy (non-hydrogen) atoms. The third kappa shape index (κ3) is 1.48. The average Bonchev–Trinajstić information content (AvgIpc) is 2.23. The molecule has 3 saturated heterocycles. The highest BCUT2D eigenvalue weighted by atomic mass is 16.5. The van der Waals surface area contributed by atoms with Crippen LogP contribution in [0.5, 0.6) is 0 Å². The molecule has 3 fully saturated rings. The number of amides is 1. The molecular weight excluding hydrogens is 184 g/mol. The van der Waals surface area contributed by atoms with E-state index in [1.165, 1.54) is 7.11 Å². The minimum atomic E-state index is -0.308. The molecule has 0 aromatic rings. The van der Waals surface area contributed by atoms with Crippen LogP contribution in [0.2, 0.25) is 0 Å². The van der Waals surface area contributed by atoms with Gasteiger partial charge >= 0.3 is 5.97 Å². The van der Waals surface area contributed by atoms with Crippen molar-refractivity contribution in [2.75, 3.05) is 33.3 Å². The molecule has 78 valence electrons. The Morgan fingerprint density at radius 1 is 1.43 bits per heavy atom. The summed E-state index contributed by atoms with van der Waals surface area (Å²) in [4.78, 5) is 26.7. The molecule has 1 atom stereocenters. The largest absolute Gasteiger partial charge is 0.469 e. The first kappa shape index (κ1) is 9.45. The van der Waals surface area contributed by atoms with Crippen LogP contribution in [0, 0.1) is 0 Å². The van der Waals surface area contributed by atoms with Crippen molar-refractivity contribution in [2.24, 2.45) is 0 Å². The van der Waals surface area contributed by atoms with Crippen molar-refractivity contribution < 1.29 is 14.3 Å². The van der Waals surface area contributed by atoms with Crippen molar-refractivity contribution in [3.8, 4) is 0 Å². The minimum Gasteiger partial charge on any atom is -0.469 e. The van der Waals surface area contributed by atoms with Gasteiger partial charge in [-0.15, -0.1) is 0 Å². The molecule has 0 spiro atoms. The Morgan fingerprint density at radius 2 is 2.07 bits per heavy atom. The van der Waals surface area contributed by atoms with Crippen molar-refractivity contribution in [3.63, 3.8) is 0 Å². The lowest BCUT2D eigenvalue weighted by Gasteiger charge is -2.46. The van der Waals surface area contributed by atoms with E-state index in [4.69, 9.17) is 0 Å². The van der Waals surface area contributed by atoms with E-state index in [0.717, 1.165) is 26.2 Å². The van der Waals surface area contributed by atoms with E-state index >= 15 is 0 Å². The van der Waals surface area contributed by atoms with E-state index in [9.17, 15) is 9.59 Å². The van der Waals surface area contributed by atoms with Crippen molar-refractivity contribution in [1.82, 2.24) is 9.80 Å². The van der Waals surface area contributed by atoms with Crippen molar-refractivity contribution in [1.29, 1.82) is 0 Å². The first-order valence-corrected chi connectivity index (χ1v) is 4.82. The van der Waals surface area contributed by atoms with Crippen LogP contribution in [0.15, 0.2) is 0 Å². The number of esters is 1. The number of ether oxygens (including phenoxy) is 1. The fourth-order valence-corrected chi connectivity index (χ4v) is 2.08. The first-order chi connectivity index (χ1) is 6.72. The van der Waals surface area contributed by atoms with Crippen LogP contribution in [-0.2, 0) is 14.3 Å². The van der Waals surface area contributed by atoms with Crippen LogP contribution in [0.1, 0.15) is 6.42 Å². The summed E-state index contributed by atoms with van der Waals surface area (Å²) in [6.45, 7) is 3.37. The van der Waals surface area contributed by atoms with E-state index in [-0.39, 0.29) is 24.3 Å². The van der Waals surface area contributed by atoms with Crippen LogP contribution in [-0.4, -0.2) is 61.0 Å². The summed E-state index contributed by atoms with van der Waals surface area (Å²) >= 11 is 0. The predicted molar refractivity (Wildman–Crippen MR) is 48.6 cm³/mol. The number of rotatable bonds is 2. The number of piperazine rings is 3. The summed E-state index contributed by atoms with van der Waals surface area (Å²) < 4.78 is 4.57. The minimum absolute atomic E-state index is 0.0768. The standard InChI is InChI=1S/C9H14N2O3/c1-14-8(12)6-7-9(13)11-4-2-10(7)3-5-11/h7H,2-6H2,1H3. The van der Waals surface area contributed by atoms with Gasteiger partial charge in [0.1, 0.15) is 0 Å². The molecule has 0 aromatic heterocycles. The van der Waals surface area contributed by atoms with Crippen LogP contribution in [0.3, 0.4) is 0 Å². The maximum Gasteiger partial charge on any atom is 0.307 e. The van der Waals surface area contributed by atoms with E-state index in [0.29, 0.717) is 0 Å². The Balaban J connectivity index is 2.04. The zero-order chi connectivity index (χ0) is 10.1. The highest BCUT2D eigenvalue weighted by Gasteiger charge is 2.40. The van der Waals surface area contributed by atoms with Crippen LogP contribution in [0.4, 0.5) is 0 Å². The molecule has 3 aliphatic rings. The van der Waals surface area contributed by atoms with E-state index < -0.39 is 0 Å². The molecule has 2 bridgehead atoms. The molecular formula is C9H14N2O3. The van der Waals surface area contributed by atoms with Gasteiger partial charge < -0.3 is 9.64 Å². The number of hydrogen-bond acceptors (Lipinski definition) is 4. The lowest BCUT2D eigenvalue weighted by Crippen LogP contribution is -2.64. The highest BCUT2D eigenvalue weighted by Crippen LogP contribution is 2.19. The van der Waals surface area contributed by atoms with Crippen LogP contribution in [0.25, 0.3) is 0 Å². The van der Waals surface area contributed by atoms with E-state index in [2.05, 4.69) is 9.64 Å². The number of carbonyl (C=O) groups excluding carboxylic acids is 2. The summed E-state index contributed by atoms with van der Waals surface area (Å²) in [6.07, 6.45) is 0.186. The highest BCUT2D eigenvalue weighted by molar-refractivity contribution is 5.87. The number of hydrogen-bond donors (Lipinski definition) is 0. The average molecular weight is 198 g/mol. The smallest absolute Gasteiger partial charge is 0.307 e. The lowest BCUT2D eigenvalue weighted by molar-refractivity contribution is -0.155. The molecule has 3 heterocycles. The second-order valence-corrected chi connectivity index (χ2v) is 3.66. The summed E-state index contributed by atoms with van der Waals surface area (Å²) in [5, 5.41) is 0. The summed E-state index contributed by atoms with van der Waals surface area (Å²) in [5.41, 5.74) is 0. The normalized spacial score (nSPS) is 30.6. The van der Waals surface area contributed by atoms with Gasteiger partial charge in [0, 0.05) is 26.2 Å². The van der Waals surface area contributed by atoms with Crippen molar-refractivity contribution in [3.05, 3.63) is 0 Å². The quantitative estimate of drug-likeness (QED) is 0.538. The third-order valence-corrected chi connectivity index (χ3v) is 2.94. The van der Waals surface area contributed by atoms with Crippen molar-refractivity contribution >= 4 is 11.9 Å². The van der Waals surface area contributed by atoms with Gasteiger partial charge in [-0.05, 0) is 0 Å². The fourth-order valence-electron chi connectivity index (χ4n) is 2.08. The Bertz CT molecular complexity index is 259. The Labute approximate surface area is 82.6 Å². The number of methoxy groups -OCH3 is 1. The molecule has 5 heteroatoms. The molecule has 0 N–H and O–H groups in total. The molecule has 0 aliphatic carbocycles. The van der Waals surface area contributed by atoms with Gasteiger partial charge in [-0.1, -0.05) is 0 Å². The van der Waals surface area contributed by atoms with Gasteiger partial charge in [-0.25, -0.2) is 0 Å². The monoisotopic (exact) mass is 198 g/mol. The molecule has 0 aromatic carbocycles. The summed E-state index contributed by atoms with van der Waals surface area (Å²) in [6, 6.07) is -0.273. The zero-order valence-electron chi connectivity index (χ0n) is 8.23. The van der Waals surface area contributed by atoms with Gasteiger partial charge in [0.25, 0.3) is 0 Å². The van der Waals surface area contributed by atoms with Crippen LogP contribution >= 0.6 is 0 Å². The molecule has 1 amide bonds. The van der Waals surface area contributed by atoms with Gasteiger partial charge in [-0.2, -0.15) is 0 Å². The second-order valence-electron chi connectivity index (χ2n) is 3.66. The molecule has 5 nitrogen and oxygen atoms in total. The maximum absolute atomic E-state index is 11.7. The molecule has 0 saturated carbocycles. The second kappa shape index (κ2) is 3.57. The number of carbonyl (C=O) groups is 2. The summed E-state index contributed by atoms with van der Waals surface area (Å²) in [7, 11) is 1.35. The van der Waals surface area contributed by atoms with Gasteiger partial charge in [0.15, 0.2) is 0 Å². The third-order valence-electron chi connectivity index (χ3n) is 2.94. The Morgan fingerprint density at radius 3 is 2.57 bits per heavy atom. The topological polar surface area (TPSA) is 49.9 Å². The predicted octanol–water partition coefficient (Wildman–Crippen LogP) is -0.924. The maximum atomic E-state index is 11.7. The van der Waals surface area contributed by atoms with Gasteiger partial charge in [-0.3, -0.25) is 14.5 Å². The SMILES string of the molecule is COC(=O)CC1C(=O)N2CCN1CC2. The van der Waals surface area contributed by atoms with Gasteiger partial charge in [0.05, 0.1) is 19.6 Å². The Kier molecular flexibility index (Phi) is 2.41. The molecule has 3 aliphatic heterocycles. The lowest BCUT2D eigenvalue weighted by atomic mass is 10.0. The molecule has 0 radical (unpaired) electrons. The van der Waals surface area contributed by atoms with E-state index in [1.807, 2.05) is 4.90 Å². The Hall–Kier alpha value is -1.10. The van der Waals surface area contributed by atoms with Gasteiger partial charge in [0.2, 0.25) is 5.91 Å². The van der Waals surface area contributed by atoms with E-state index in [1.54, 1.807) is 0 Å².